The Hall–Kier alpha value is -2.14. The van der Waals surface area contributed by atoms with E-state index in [1.807, 2.05) is 24.1 Å². The van der Waals surface area contributed by atoms with Crippen molar-refractivity contribution in [2.24, 2.45) is 11.8 Å². The Morgan fingerprint density at radius 3 is 2.81 bits per heavy atom. The molecule has 5 heteroatoms. The van der Waals surface area contributed by atoms with E-state index in [-0.39, 0.29) is 17.9 Å². The lowest BCUT2D eigenvalue weighted by Gasteiger charge is -2.27. The van der Waals surface area contributed by atoms with Crippen LogP contribution in [-0.4, -0.2) is 53.5 Å². The molecule has 4 rings (SSSR count). The topological polar surface area (TPSA) is 49.9 Å². The molecule has 3 aliphatic rings. The molecule has 0 radical (unpaired) electrons. The zero-order valence-electron chi connectivity index (χ0n) is 16.6. The summed E-state index contributed by atoms with van der Waals surface area (Å²) in [7, 11) is 1.82. The summed E-state index contributed by atoms with van der Waals surface area (Å²) >= 11 is 0. The van der Waals surface area contributed by atoms with Crippen LogP contribution in [0.1, 0.15) is 30.0 Å². The maximum absolute atomic E-state index is 13.3. The van der Waals surface area contributed by atoms with Gasteiger partial charge in [0.1, 0.15) is 5.60 Å². The van der Waals surface area contributed by atoms with Crippen molar-refractivity contribution >= 4 is 11.8 Å². The summed E-state index contributed by atoms with van der Waals surface area (Å²) in [6, 6.07) is 6.31. The molecule has 5 nitrogen and oxygen atoms in total. The lowest BCUT2D eigenvalue weighted by molar-refractivity contribution is -0.142. The number of benzene rings is 1. The number of hydrogen-bond donors (Lipinski definition) is 0. The molecule has 2 bridgehead atoms. The van der Waals surface area contributed by atoms with Crippen LogP contribution in [-0.2, 0) is 20.9 Å². The molecule has 2 amide bonds. The molecule has 1 spiro atoms. The monoisotopic (exact) mass is 368 g/mol. The molecule has 3 aliphatic heterocycles. The SMILES string of the molecule is CCCN(C)C(=O)[C@H]1[C@@H]2C=C[C@@]3(CN(Cc4ccc(C)c(C)c4)C(=O)[C@H]13)O2. The summed E-state index contributed by atoms with van der Waals surface area (Å²) in [5.41, 5.74) is 2.96. The number of hydrogen-bond acceptors (Lipinski definition) is 3. The highest BCUT2D eigenvalue weighted by Gasteiger charge is 2.66. The van der Waals surface area contributed by atoms with Crippen LogP contribution < -0.4 is 0 Å². The Labute approximate surface area is 161 Å². The molecule has 27 heavy (non-hydrogen) atoms. The summed E-state index contributed by atoms with van der Waals surface area (Å²) in [4.78, 5) is 29.9. The van der Waals surface area contributed by atoms with E-state index < -0.39 is 17.4 Å². The van der Waals surface area contributed by atoms with Crippen LogP contribution in [0.5, 0.6) is 0 Å². The standard InChI is InChI=1S/C22H28N2O3/c1-5-10-23(4)20(25)18-17-8-9-22(27-17)13-24(21(26)19(18)22)12-16-7-6-14(2)15(3)11-16/h6-9,11,17-19H,5,10,12-13H2,1-4H3/t17-,18-,19-,22-/m0/s1. The van der Waals surface area contributed by atoms with Gasteiger partial charge in [-0.1, -0.05) is 37.3 Å². The first-order valence-corrected chi connectivity index (χ1v) is 9.83. The van der Waals surface area contributed by atoms with Gasteiger partial charge < -0.3 is 14.5 Å². The van der Waals surface area contributed by atoms with Gasteiger partial charge in [-0.25, -0.2) is 0 Å². The summed E-state index contributed by atoms with van der Waals surface area (Å²) in [5.74, 6) is -0.725. The molecule has 0 unspecified atom stereocenters. The van der Waals surface area contributed by atoms with Crippen molar-refractivity contribution in [1.29, 1.82) is 0 Å². The van der Waals surface area contributed by atoms with Gasteiger partial charge in [-0.3, -0.25) is 9.59 Å². The predicted octanol–water partition coefficient (Wildman–Crippen LogP) is 2.45. The minimum atomic E-state index is -0.630. The van der Waals surface area contributed by atoms with Crippen LogP contribution in [0.25, 0.3) is 0 Å². The first-order chi connectivity index (χ1) is 12.9. The fourth-order valence-corrected chi connectivity index (χ4v) is 4.82. The Morgan fingerprint density at radius 2 is 2.11 bits per heavy atom. The summed E-state index contributed by atoms with van der Waals surface area (Å²) in [6.45, 7) is 8.01. The second kappa shape index (κ2) is 6.48. The van der Waals surface area contributed by atoms with Crippen LogP contribution in [0, 0.1) is 25.7 Å². The maximum Gasteiger partial charge on any atom is 0.230 e. The van der Waals surface area contributed by atoms with Crippen LogP contribution in [0.2, 0.25) is 0 Å². The summed E-state index contributed by atoms with van der Waals surface area (Å²) in [5, 5.41) is 0. The number of rotatable bonds is 5. The maximum atomic E-state index is 13.3. The molecule has 0 aromatic heterocycles. The Bertz CT molecular complexity index is 818. The smallest absolute Gasteiger partial charge is 0.230 e. The van der Waals surface area contributed by atoms with Crippen molar-refractivity contribution in [3.05, 3.63) is 47.0 Å². The number of amides is 2. The third-order valence-corrected chi connectivity index (χ3v) is 6.34. The first-order valence-electron chi connectivity index (χ1n) is 9.83. The van der Waals surface area contributed by atoms with E-state index in [1.54, 1.807) is 4.90 Å². The number of carbonyl (C=O) groups excluding carboxylic acids is 2. The molecule has 144 valence electrons. The molecule has 1 aromatic rings. The van der Waals surface area contributed by atoms with Gasteiger partial charge in [-0.2, -0.15) is 0 Å². The van der Waals surface area contributed by atoms with Gasteiger partial charge in [0.25, 0.3) is 0 Å². The normalized spacial score (nSPS) is 30.9. The Kier molecular flexibility index (Phi) is 4.38. The van der Waals surface area contributed by atoms with E-state index >= 15 is 0 Å². The number of fused-ring (bicyclic) bond motifs is 1. The van der Waals surface area contributed by atoms with E-state index in [1.165, 1.54) is 11.1 Å². The first kappa shape index (κ1) is 18.2. The quantitative estimate of drug-likeness (QED) is 0.750. The van der Waals surface area contributed by atoms with Crippen LogP contribution in [0.15, 0.2) is 30.4 Å². The second-order valence-corrected chi connectivity index (χ2v) is 8.27. The molecule has 2 fully saturated rings. The highest BCUT2D eigenvalue weighted by Crippen LogP contribution is 2.52. The number of carbonyl (C=O) groups is 2. The molecular weight excluding hydrogens is 340 g/mol. The van der Waals surface area contributed by atoms with Crippen molar-refractivity contribution in [2.45, 2.75) is 45.4 Å². The molecular formula is C22H28N2O3. The average molecular weight is 368 g/mol. The molecule has 4 atom stereocenters. The third-order valence-electron chi connectivity index (χ3n) is 6.34. The second-order valence-electron chi connectivity index (χ2n) is 8.27. The predicted molar refractivity (Wildman–Crippen MR) is 103 cm³/mol. The van der Waals surface area contributed by atoms with E-state index in [2.05, 4.69) is 39.0 Å². The summed E-state index contributed by atoms with van der Waals surface area (Å²) in [6.07, 6.45) is 4.63. The molecule has 0 N–H and O–H groups in total. The van der Waals surface area contributed by atoms with Crippen molar-refractivity contribution in [2.75, 3.05) is 20.1 Å². The molecule has 0 saturated carbocycles. The average Bonchev–Trinajstić information content (AvgIpc) is 3.26. The van der Waals surface area contributed by atoms with E-state index in [0.29, 0.717) is 19.6 Å². The zero-order valence-corrected chi connectivity index (χ0v) is 16.6. The Balaban J connectivity index is 1.57. The fraction of sp³-hybridized carbons (Fsp3) is 0.545. The van der Waals surface area contributed by atoms with Gasteiger partial charge in [-0.05, 0) is 37.0 Å². The van der Waals surface area contributed by atoms with Crippen molar-refractivity contribution in [3.8, 4) is 0 Å². The minimum absolute atomic E-state index is 0.0273. The van der Waals surface area contributed by atoms with Crippen molar-refractivity contribution < 1.29 is 14.3 Å². The van der Waals surface area contributed by atoms with Gasteiger partial charge >= 0.3 is 0 Å². The van der Waals surface area contributed by atoms with Gasteiger partial charge in [0.2, 0.25) is 11.8 Å². The zero-order chi connectivity index (χ0) is 19.3. The minimum Gasteiger partial charge on any atom is -0.360 e. The van der Waals surface area contributed by atoms with Crippen LogP contribution >= 0.6 is 0 Å². The lowest BCUT2D eigenvalue weighted by Crippen LogP contribution is -2.44. The van der Waals surface area contributed by atoms with Crippen LogP contribution in [0.4, 0.5) is 0 Å². The van der Waals surface area contributed by atoms with Gasteiger partial charge in [0.15, 0.2) is 0 Å². The number of aryl methyl sites for hydroxylation is 2. The van der Waals surface area contributed by atoms with Crippen LogP contribution in [0.3, 0.4) is 0 Å². The number of likely N-dealkylation sites (tertiary alicyclic amines) is 1. The fourth-order valence-electron chi connectivity index (χ4n) is 4.82. The van der Waals surface area contributed by atoms with E-state index in [0.717, 1.165) is 12.0 Å². The number of nitrogens with zero attached hydrogens (tertiary/aromatic N) is 2. The van der Waals surface area contributed by atoms with Gasteiger partial charge in [0.05, 0.1) is 24.5 Å². The largest absolute Gasteiger partial charge is 0.360 e. The van der Waals surface area contributed by atoms with Crippen molar-refractivity contribution in [1.82, 2.24) is 9.80 Å². The van der Waals surface area contributed by atoms with Gasteiger partial charge in [0, 0.05) is 20.1 Å². The van der Waals surface area contributed by atoms with Gasteiger partial charge in [-0.15, -0.1) is 0 Å². The third kappa shape index (κ3) is 2.80. The van der Waals surface area contributed by atoms with Crippen molar-refractivity contribution in [3.63, 3.8) is 0 Å². The molecule has 1 aromatic carbocycles. The molecule has 3 heterocycles. The lowest BCUT2D eigenvalue weighted by atomic mass is 9.76. The van der Waals surface area contributed by atoms with E-state index in [4.69, 9.17) is 4.74 Å². The van der Waals surface area contributed by atoms with E-state index in [9.17, 15) is 9.59 Å². The highest BCUT2D eigenvalue weighted by atomic mass is 16.5. The molecule has 2 saturated heterocycles. The number of ether oxygens (including phenoxy) is 1. The Morgan fingerprint density at radius 1 is 1.33 bits per heavy atom. The summed E-state index contributed by atoms with van der Waals surface area (Å²) < 4.78 is 6.21. The molecule has 0 aliphatic carbocycles. The highest BCUT2D eigenvalue weighted by molar-refractivity contribution is 5.93.